The number of ether oxygens (including phenoxy) is 2. The average Bonchev–Trinajstić information content (AvgIpc) is 3.67. The molecule has 2 N–H and O–H groups in total. The Morgan fingerprint density at radius 3 is 2.58 bits per heavy atom. The number of likely N-dealkylation sites (tertiary alicyclic amines) is 1. The van der Waals surface area contributed by atoms with Crippen LogP contribution in [0.25, 0.3) is 17.2 Å². The first kappa shape index (κ1) is 27.5. The number of hydrogen-bond donors (Lipinski definition) is 2. The first-order chi connectivity index (χ1) is 19.3. The molecule has 210 valence electrons. The van der Waals surface area contributed by atoms with Crippen LogP contribution < -0.4 is 14.8 Å². The number of rotatable bonds is 9. The molecule has 2 unspecified atom stereocenters. The van der Waals surface area contributed by atoms with Gasteiger partial charge in [-0.05, 0) is 115 Å². The number of allylic oxidation sites excluding steroid dienone is 2. The number of hydrogen-bond acceptors (Lipinski definition) is 6. The third-order valence-corrected chi connectivity index (χ3v) is 7.92. The molecule has 2 atom stereocenters. The maximum absolute atomic E-state index is 14.7. The summed E-state index contributed by atoms with van der Waals surface area (Å²) >= 11 is 0. The van der Waals surface area contributed by atoms with Gasteiger partial charge in [0.05, 0.1) is 32.9 Å². The van der Waals surface area contributed by atoms with Crippen molar-refractivity contribution in [2.24, 2.45) is 11.8 Å². The first-order valence-electron chi connectivity index (χ1n) is 13.5. The van der Waals surface area contributed by atoms with Crippen molar-refractivity contribution in [3.05, 3.63) is 82.6 Å². The number of amides is 1. The van der Waals surface area contributed by atoms with E-state index in [1.807, 2.05) is 19.1 Å². The predicted octanol–water partition coefficient (Wildman–Crippen LogP) is 5.74. The highest BCUT2D eigenvalue weighted by atomic mass is 19.1. The lowest BCUT2D eigenvalue weighted by Gasteiger charge is -2.23. The molecule has 2 heterocycles. The summed E-state index contributed by atoms with van der Waals surface area (Å²) in [6.07, 6.45) is 5.22. The van der Waals surface area contributed by atoms with Crippen molar-refractivity contribution in [1.29, 1.82) is 0 Å². The Labute approximate surface area is 233 Å². The van der Waals surface area contributed by atoms with E-state index in [9.17, 15) is 14.3 Å². The summed E-state index contributed by atoms with van der Waals surface area (Å²) in [5, 5.41) is 13.4. The van der Waals surface area contributed by atoms with Gasteiger partial charge in [0.25, 0.3) is 0 Å². The molecule has 1 aromatic heterocycles. The molecule has 1 amide bonds. The molecule has 0 bridgehead atoms. The Balaban J connectivity index is 1.59. The average molecular weight is 547 g/mol. The molecule has 7 nitrogen and oxygen atoms in total. The Morgan fingerprint density at radius 1 is 1.20 bits per heavy atom. The fraction of sp³-hybridized carbons (Fsp3) is 0.344. The van der Waals surface area contributed by atoms with Gasteiger partial charge >= 0.3 is 0 Å². The molecule has 40 heavy (non-hydrogen) atoms. The number of nitrogens with one attached hydrogen (secondary N) is 1. The van der Waals surface area contributed by atoms with Crippen LogP contribution in [-0.4, -0.2) is 50.3 Å². The van der Waals surface area contributed by atoms with E-state index >= 15 is 0 Å². The molecule has 1 fully saturated rings. The number of phenolic OH excluding ortho intramolecular Hbond substituents is 1. The van der Waals surface area contributed by atoms with Crippen LogP contribution in [0.3, 0.4) is 0 Å². The van der Waals surface area contributed by atoms with Gasteiger partial charge in [-0.25, -0.2) is 4.39 Å². The molecule has 1 saturated heterocycles. The summed E-state index contributed by atoms with van der Waals surface area (Å²) < 4.78 is 30.8. The number of carbonyl (C=O) groups excluding carboxylic acids is 1. The number of benzene rings is 2. The number of carbonyl (C=O) groups is 1. The van der Waals surface area contributed by atoms with Crippen LogP contribution in [0.1, 0.15) is 42.2 Å². The van der Waals surface area contributed by atoms with Gasteiger partial charge in [-0.3, -0.25) is 4.79 Å². The van der Waals surface area contributed by atoms with Crippen LogP contribution in [-0.2, 0) is 11.3 Å². The van der Waals surface area contributed by atoms with Gasteiger partial charge in [0.1, 0.15) is 11.6 Å². The van der Waals surface area contributed by atoms with E-state index in [1.165, 1.54) is 26.4 Å². The Hall–Kier alpha value is -4.04. The van der Waals surface area contributed by atoms with E-state index in [0.29, 0.717) is 18.1 Å². The van der Waals surface area contributed by atoms with Crippen molar-refractivity contribution in [2.75, 3.05) is 34.4 Å². The summed E-state index contributed by atoms with van der Waals surface area (Å²) in [5.74, 6) is 0.577. The first-order valence-corrected chi connectivity index (χ1v) is 13.5. The minimum absolute atomic E-state index is 0.0798. The predicted molar refractivity (Wildman–Crippen MR) is 152 cm³/mol. The van der Waals surface area contributed by atoms with Crippen LogP contribution >= 0.6 is 0 Å². The third kappa shape index (κ3) is 5.49. The maximum Gasteiger partial charge on any atom is 0.227 e. The number of nitrogens with zero attached hydrogens (tertiary/aromatic N) is 1. The second kappa shape index (κ2) is 11.6. The second-order valence-corrected chi connectivity index (χ2v) is 10.6. The lowest BCUT2D eigenvalue weighted by atomic mass is 9.83. The Bertz CT molecular complexity index is 1430. The molecular formula is C32H35FN2O5. The number of phenols is 1. The zero-order valence-corrected chi connectivity index (χ0v) is 23.3. The van der Waals surface area contributed by atoms with Gasteiger partial charge in [0.15, 0.2) is 11.5 Å². The maximum atomic E-state index is 14.7. The van der Waals surface area contributed by atoms with Gasteiger partial charge in [0, 0.05) is 6.54 Å². The molecule has 1 aliphatic heterocycles. The van der Waals surface area contributed by atoms with Crippen molar-refractivity contribution in [3.63, 3.8) is 0 Å². The molecule has 0 saturated carbocycles. The van der Waals surface area contributed by atoms with E-state index in [4.69, 9.17) is 13.9 Å². The minimum Gasteiger partial charge on any atom is -0.502 e. The number of furan rings is 1. The topological polar surface area (TPSA) is 84.2 Å². The van der Waals surface area contributed by atoms with Crippen LogP contribution in [0.5, 0.6) is 17.2 Å². The highest BCUT2D eigenvalue weighted by molar-refractivity contribution is 6.09. The van der Waals surface area contributed by atoms with Crippen molar-refractivity contribution < 1.29 is 28.2 Å². The van der Waals surface area contributed by atoms with Crippen LogP contribution in [0.15, 0.2) is 58.7 Å². The highest BCUT2D eigenvalue weighted by Gasteiger charge is 2.36. The van der Waals surface area contributed by atoms with Gasteiger partial charge in [-0.2, -0.15) is 0 Å². The quantitative estimate of drug-likeness (QED) is 0.356. The number of methoxy groups -OCH3 is 2. The molecule has 3 aromatic rings. The zero-order chi connectivity index (χ0) is 28.4. The van der Waals surface area contributed by atoms with Gasteiger partial charge in [-0.15, -0.1) is 0 Å². The van der Waals surface area contributed by atoms with E-state index in [2.05, 4.69) is 17.3 Å². The van der Waals surface area contributed by atoms with Crippen molar-refractivity contribution in [3.8, 4) is 17.2 Å². The monoisotopic (exact) mass is 546 g/mol. The zero-order valence-electron chi connectivity index (χ0n) is 23.3. The van der Waals surface area contributed by atoms with Crippen molar-refractivity contribution >= 4 is 23.1 Å². The fourth-order valence-electron chi connectivity index (χ4n) is 5.94. The van der Waals surface area contributed by atoms with Crippen LogP contribution in [0.4, 0.5) is 4.39 Å². The smallest absolute Gasteiger partial charge is 0.227 e. The van der Waals surface area contributed by atoms with Crippen molar-refractivity contribution in [1.82, 2.24) is 10.2 Å². The standard InChI is InChI=1S/C32H35FN2O5/c1-19-25(13-21-14-28(38-3)31(36)29(15-21)39-4)24-8-7-22(33)16-26(24)30(19)27(12-20-9-10-35(2)18-20)32(37)34-17-23-6-5-11-40-23/h5-8,11,13-16,20,27,36H,9-10,12,17-18H2,1-4H3,(H,34,37)/b25-13-. The van der Waals surface area contributed by atoms with Gasteiger partial charge < -0.3 is 29.2 Å². The summed E-state index contributed by atoms with van der Waals surface area (Å²) in [6.45, 7) is 4.18. The molecule has 2 aliphatic rings. The Morgan fingerprint density at radius 2 is 1.95 bits per heavy atom. The van der Waals surface area contributed by atoms with E-state index in [-0.39, 0.29) is 35.5 Å². The minimum atomic E-state index is -0.471. The van der Waals surface area contributed by atoms with E-state index < -0.39 is 5.92 Å². The highest BCUT2D eigenvalue weighted by Crippen LogP contribution is 2.48. The molecule has 0 radical (unpaired) electrons. The SMILES string of the molecule is COc1cc(/C=C2/C(C)=C(C(CC3CCN(C)C3)C(=O)NCc3ccco3)c3cc(F)ccc32)cc(OC)c1O. The van der Waals surface area contributed by atoms with Gasteiger partial charge in [-0.1, -0.05) is 6.07 Å². The summed E-state index contributed by atoms with van der Waals surface area (Å²) in [5.41, 5.74) is 4.96. The lowest BCUT2D eigenvalue weighted by molar-refractivity contribution is -0.124. The molecule has 8 heteroatoms. The second-order valence-electron chi connectivity index (χ2n) is 10.6. The van der Waals surface area contributed by atoms with Crippen LogP contribution in [0, 0.1) is 17.7 Å². The molecule has 0 spiro atoms. The fourth-order valence-corrected chi connectivity index (χ4v) is 5.94. The largest absolute Gasteiger partial charge is 0.502 e. The summed E-state index contributed by atoms with van der Waals surface area (Å²) in [6, 6.07) is 11.8. The summed E-state index contributed by atoms with van der Waals surface area (Å²) in [4.78, 5) is 16.1. The third-order valence-electron chi connectivity index (χ3n) is 7.92. The normalized spacial score (nSPS) is 18.7. The number of halogens is 1. The lowest BCUT2D eigenvalue weighted by Crippen LogP contribution is -2.32. The number of fused-ring (bicyclic) bond motifs is 1. The Kier molecular flexibility index (Phi) is 7.98. The van der Waals surface area contributed by atoms with Gasteiger partial charge in [0.2, 0.25) is 11.7 Å². The van der Waals surface area contributed by atoms with Crippen molar-refractivity contribution in [2.45, 2.75) is 26.3 Å². The molecule has 5 rings (SSSR count). The molecule has 2 aromatic carbocycles. The van der Waals surface area contributed by atoms with E-state index in [1.54, 1.807) is 30.5 Å². The molecular weight excluding hydrogens is 511 g/mol. The number of aromatic hydroxyl groups is 1. The van der Waals surface area contributed by atoms with E-state index in [0.717, 1.165) is 52.9 Å². The molecule has 1 aliphatic carbocycles. The summed E-state index contributed by atoms with van der Waals surface area (Å²) in [7, 11) is 5.06. The van der Waals surface area contributed by atoms with Crippen LogP contribution in [0.2, 0.25) is 0 Å².